The predicted octanol–water partition coefficient (Wildman–Crippen LogP) is 0.797. The molecule has 7 heteroatoms. The molecule has 3 aliphatic heterocycles. The normalized spacial score (nSPS) is 29.5. The number of nitrogens with one attached hydrogen (secondary N) is 1. The average Bonchev–Trinajstić information content (AvgIpc) is 3.21. The lowest BCUT2D eigenvalue weighted by Gasteiger charge is -2.38. The number of amides is 1. The monoisotopic (exact) mass is 359 g/mol. The Morgan fingerprint density at radius 2 is 2.04 bits per heavy atom. The highest BCUT2D eigenvalue weighted by atomic mass is 16.5. The fourth-order valence-corrected chi connectivity index (χ4v) is 4.76. The van der Waals surface area contributed by atoms with Crippen molar-refractivity contribution in [3.8, 4) is 5.75 Å². The van der Waals surface area contributed by atoms with Crippen molar-refractivity contribution >= 4 is 17.6 Å². The van der Waals surface area contributed by atoms with Gasteiger partial charge in [0, 0.05) is 38.8 Å². The van der Waals surface area contributed by atoms with Crippen LogP contribution in [0.2, 0.25) is 0 Å². The number of methoxy groups -OCH3 is 1. The van der Waals surface area contributed by atoms with Gasteiger partial charge in [-0.1, -0.05) is 12.1 Å². The van der Waals surface area contributed by atoms with E-state index in [1.165, 1.54) is 0 Å². The third-order valence-corrected chi connectivity index (χ3v) is 6.30. The largest absolute Gasteiger partial charge is 0.495 e. The molecule has 26 heavy (non-hydrogen) atoms. The van der Waals surface area contributed by atoms with Crippen LogP contribution in [0.5, 0.6) is 5.75 Å². The molecule has 0 spiro atoms. The van der Waals surface area contributed by atoms with Crippen molar-refractivity contribution in [3.05, 3.63) is 24.3 Å². The van der Waals surface area contributed by atoms with E-state index in [-0.39, 0.29) is 12.5 Å². The van der Waals surface area contributed by atoms with Gasteiger partial charge < -0.3 is 20.1 Å². The lowest BCUT2D eigenvalue weighted by molar-refractivity contribution is -0.149. The second-order valence-corrected chi connectivity index (χ2v) is 7.55. The lowest BCUT2D eigenvalue weighted by Crippen LogP contribution is -2.47. The van der Waals surface area contributed by atoms with Crippen LogP contribution in [-0.2, 0) is 9.59 Å². The maximum absolute atomic E-state index is 12.1. The summed E-state index contributed by atoms with van der Waals surface area (Å²) < 4.78 is 5.47. The van der Waals surface area contributed by atoms with E-state index >= 15 is 0 Å². The molecule has 1 aromatic rings. The van der Waals surface area contributed by atoms with Gasteiger partial charge >= 0.3 is 5.97 Å². The van der Waals surface area contributed by atoms with Gasteiger partial charge in [-0.25, -0.2) is 0 Å². The van der Waals surface area contributed by atoms with Crippen LogP contribution in [-0.4, -0.2) is 67.8 Å². The number of hydrogen-bond donors (Lipinski definition) is 2. The van der Waals surface area contributed by atoms with Gasteiger partial charge in [-0.15, -0.1) is 0 Å². The van der Waals surface area contributed by atoms with Gasteiger partial charge in [-0.2, -0.15) is 0 Å². The molecule has 140 valence electrons. The van der Waals surface area contributed by atoms with E-state index in [4.69, 9.17) is 4.74 Å². The molecule has 3 saturated heterocycles. The molecule has 0 unspecified atom stereocenters. The Bertz CT molecular complexity index is 716. The highest BCUT2D eigenvalue weighted by Crippen LogP contribution is 2.42. The number of fused-ring (bicyclic) bond motifs is 1. The van der Waals surface area contributed by atoms with Crippen molar-refractivity contribution < 1.29 is 19.4 Å². The molecule has 0 aromatic heterocycles. The van der Waals surface area contributed by atoms with Crippen molar-refractivity contribution in [2.75, 3.05) is 44.7 Å². The number of aliphatic carboxylic acids is 1. The van der Waals surface area contributed by atoms with E-state index < -0.39 is 17.3 Å². The summed E-state index contributed by atoms with van der Waals surface area (Å²) in [4.78, 5) is 28.5. The average molecular weight is 359 g/mol. The van der Waals surface area contributed by atoms with Crippen LogP contribution in [0.25, 0.3) is 0 Å². The van der Waals surface area contributed by atoms with Crippen LogP contribution in [0.4, 0.5) is 5.69 Å². The van der Waals surface area contributed by atoms with Gasteiger partial charge in [0.25, 0.3) is 0 Å². The molecule has 0 aliphatic carbocycles. The fourth-order valence-electron chi connectivity index (χ4n) is 4.76. The van der Waals surface area contributed by atoms with Crippen molar-refractivity contribution in [1.82, 2.24) is 10.2 Å². The molecule has 2 N–H and O–H groups in total. The number of likely N-dealkylation sites (tertiary alicyclic amines) is 1. The van der Waals surface area contributed by atoms with Crippen molar-refractivity contribution in [2.24, 2.45) is 11.3 Å². The molecule has 3 fully saturated rings. The number of hydrogen-bond acceptors (Lipinski definition) is 5. The number of nitrogens with zero attached hydrogens (tertiary/aromatic N) is 2. The number of ether oxygens (including phenoxy) is 1. The van der Waals surface area contributed by atoms with Gasteiger partial charge in [0.05, 0.1) is 18.7 Å². The first kappa shape index (κ1) is 17.1. The number of para-hydroxylation sites is 2. The summed E-state index contributed by atoms with van der Waals surface area (Å²) in [5.74, 6) is -0.508. The van der Waals surface area contributed by atoms with E-state index in [1.807, 2.05) is 18.2 Å². The zero-order valence-corrected chi connectivity index (χ0v) is 15.0. The summed E-state index contributed by atoms with van der Waals surface area (Å²) in [6.07, 6.45) is 1.92. The summed E-state index contributed by atoms with van der Waals surface area (Å²) in [5.41, 5.74) is 0.157. The number of benzene rings is 1. The van der Waals surface area contributed by atoms with Gasteiger partial charge in [-0.05, 0) is 25.0 Å². The zero-order valence-electron chi connectivity index (χ0n) is 15.0. The van der Waals surface area contributed by atoms with Crippen LogP contribution in [0, 0.1) is 11.3 Å². The number of carbonyl (C=O) groups excluding carboxylic acids is 1. The Morgan fingerprint density at radius 3 is 2.69 bits per heavy atom. The second-order valence-electron chi connectivity index (χ2n) is 7.55. The molecule has 1 amide bonds. The van der Waals surface area contributed by atoms with Crippen LogP contribution in [0.15, 0.2) is 24.3 Å². The minimum absolute atomic E-state index is 0.110. The topological polar surface area (TPSA) is 82.1 Å². The molecule has 2 atom stereocenters. The van der Waals surface area contributed by atoms with Gasteiger partial charge in [0.2, 0.25) is 5.91 Å². The molecular weight excluding hydrogens is 334 g/mol. The zero-order chi connectivity index (χ0) is 18.3. The lowest BCUT2D eigenvalue weighted by atomic mass is 9.81. The van der Waals surface area contributed by atoms with E-state index in [0.29, 0.717) is 19.1 Å². The molecule has 0 radical (unpaired) electrons. The SMILES string of the molecule is COc1ccccc1N1CCC(N2C[C@H]3C(=O)NC[C@@]3(C(=O)O)C2)CC1. The first-order valence-electron chi connectivity index (χ1n) is 9.18. The second kappa shape index (κ2) is 6.46. The Morgan fingerprint density at radius 1 is 1.31 bits per heavy atom. The van der Waals surface area contributed by atoms with Crippen LogP contribution in [0.1, 0.15) is 12.8 Å². The number of carbonyl (C=O) groups is 2. The highest BCUT2D eigenvalue weighted by molar-refractivity contribution is 5.92. The molecule has 1 aromatic carbocycles. The Hall–Kier alpha value is -2.28. The number of carboxylic acid groups (broad SMARTS) is 1. The minimum atomic E-state index is -0.948. The Kier molecular flexibility index (Phi) is 4.26. The van der Waals surface area contributed by atoms with Crippen molar-refractivity contribution in [2.45, 2.75) is 18.9 Å². The van der Waals surface area contributed by atoms with Crippen LogP contribution < -0.4 is 15.0 Å². The smallest absolute Gasteiger partial charge is 0.313 e. The quantitative estimate of drug-likeness (QED) is 0.827. The summed E-state index contributed by atoms with van der Waals surface area (Å²) in [7, 11) is 1.69. The highest BCUT2D eigenvalue weighted by Gasteiger charge is 2.60. The van der Waals surface area contributed by atoms with Crippen molar-refractivity contribution in [1.29, 1.82) is 0 Å². The molecule has 3 aliphatic rings. The number of carboxylic acids is 1. The van der Waals surface area contributed by atoms with Crippen LogP contribution >= 0.6 is 0 Å². The summed E-state index contributed by atoms with van der Waals surface area (Å²) >= 11 is 0. The summed E-state index contributed by atoms with van der Waals surface area (Å²) in [5, 5.41) is 12.5. The minimum Gasteiger partial charge on any atom is -0.495 e. The number of rotatable bonds is 4. The number of anilines is 1. The van der Waals surface area contributed by atoms with Gasteiger partial charge in [0.1, 0.15) is 11.2 Å². The molecule has 4 rings (SSSR count). The molecule has 0 bridgehead atoms. The first-order valence-corrected chi connectivity index (χ1v) is 9.18. The maximum atomic E-state index is 12.1. The maximum Gasteiger partial charge on any atom is 0.313 e. The van der Waals surface area contributed by atoms with E-state index in [9.17, 15) is 14.7 Å². The first-order chi connectivity index (χ1) is 12.5. The van der Waals surface area contributed by atoms with Crippen molar-refractivity contribution in [3.63, 3.8) is 0 Å². The number of piperidine rings is 1. The molecule has 3 heterocycles. The van der Waals surface area contributed by atoms with Gasteiger partial charge in [0.15, 0.2) is 0 Å². The van der Waals surface area contributed by atoms with E-state index in [2.05, 4.69) is 21.2 Å². The molecular formula is C19H25N3O4. The predicted molar refractivity (Wildman–Crippen MR) is 96.4 cm³/mol. The van der Waals surface area contributed by atoms with Gasteiger partial charge in [-0.3, -0.25) is 14.5 Å². The fraction of sp³-hybridized carbons (Fsp3) is 0.579. The molecule has 7 nitrogen and oxygen atoms in total. The Labute approximate surface area is 152 Å². The molecule has 0 saturated carbocycles. The standard InChI is InChI=1S/C19H25N3O4/c1-26-16-5-3-2-4-15(16)21-8-6-13(7-9-21)22-10-14-17(23)20-11-19(14,12-22)18(24)25/h2-5,13-14H,6-12H2,1H3,(H,20,23)(H,24,25)/t14-,19+/m0/s1. The third kappa shape index (κ3) is 2.61. The van der Waals surface area contributed by atoms with E-state index in [1.54, 1.807) is 7.11 Å². The third-order valence-electron chi connectivity index (χ3n) is 6.30. The summed E-state index contributed by atoms with van der Waals surface area (Å²) in [6.45, 7) is 3.07. The van der Waals surface area contributed by atoms with E-state index in [0.717, 1.165) is 37.4 Å². The van der Waals surface area contributed by atoms with Crippen LogP contribution in [0.3, 0.4) is 0 Å². The Balaban J connectivity index is 1.43. The summed E-state index contributed by atoms with van der Waals surface area (Å²) in [6, 6.07) is 8.35.